The second-order valence-electron chi connectivity index (χ2n) is 3.87. The van der Waals surface area contributed by atoms with Crippen molar-refractivity contribution in [3.63, 3.8) is 0 Å². The van der Waals surface area contributed by atoms with Gasteiger partial charge in [-0.2, -0.15) is 0 Å². The van der Waals surface area contributed by atoms with E-state index in [9.17, 15) is 9.59 Å². The first-order chi connectivity index (χ1) is 8.02. The average molecular weight is 232 g/mol. The van der Waals surface area contributed by atoms with Crippen LogP contribution in [0.4, 0.5) is 0 Å². The third kappa shape index (κ3) is 1.80. The van der Waals surface area contributed by atoms with Crippen molar-refractivity contribution >= 4 is 16.9 Å². The summed E-state index contributed by atoms with van der Waals surface area (Å²) in [7, 11) is 0. The van der Waals surface area contributed by atoms with Crippen LogP contribution in [0.3, 0.4) is 0 Å². The fourth-order valence-electron chi connectivity index (χ4n) is 1.82. The molecule has 0 unspecified atom stereocenters. The van der Waals surface area contributed by atoms with Crippen LogP contribution in [0.2, 0.25) is 0 Å². The Kier molecular flexibility index (Phi) is 2.67. The van der Waals surface area contributed by atoms with Gasteiger partial charge in [0.15, 0.2) is 0 Å². The van der Waals surface area contributed by atoms with Crippen LogP contribution in [0.25, 0.3) is 10.9 Å². The Morgan fingerprint density at radius 3 is 2.71 bits per heavy atom. The zero-order valence-electron chi connectivity index (χ0n) is 9.54. The molecular weight excluding hydrogens is 220 g/mol. The van der Waals surface area contributed by atoms with Crippen LogP contribution in [0.15, 0.2) is 29.1 Å². The molecule has 2 aromatic rings. The predicted molar refractivity (Wildman–Crippen MR) is 63.1 cm³/mol. The standard InChI is InChI=1S/C12H12N2O3/c1-7(12(16)17)14-8(2)13-10-6-4-3-5-9(10)11(14)15/h3-7H,1-2H3,(H,16,17)/t7-/m0/s1. The van der Waals surface area contributed by atoms with E-state index < -0.39 is 12.0 Å². The molecule has 0 bridgehead atoms. The van der Waals surface area contributed by atoms with Crippen LogP contribution in [0, 0.1) is 6.92 Å². The largest absolute Gasteiger partial charge is 0.480 e. The topological polar surface area (TPSA) is 72.2 Å². The third-order valence-corrected chi connectivity index (χ3v) is 2.73. The lowest BCUT2D eigenvalue weighted by molar-refractivity contribution is -0.140. The molecular formula is C12H12N2O3. The second kappa shape index (κ2) is 4.01. The number of rotatable bonds is 2. The average Bonchev–Trinajstić information content (AvgIpc) is 2.28. The number of fused-ring (bicyclic) bond motifs is 1. The summed E-state index contributed by atoms with van der Waals surface area (Å²) in [5.74, 6) is -0.643. The van der Waals surface area contributed by atoms with Crippen LogP contribution in [0.5, 0.6) is 0 Å². The monoisotopic (exact) mass is 232 g/mol. The lowest BCUT2D eigenvalue weighted by Gasteiger charge is -2.14. The number of para-hydroxylation sites is 1. The number of aryl methyl sites for hydroxylation is 1. The van der Waals surface area contributed by atoms with Crippen LogP contribution in [0.1, 0.15) is 18.8 Å². The zero-order chi connectivity index (χ0) is 12.6. The predicted octanol–water partition coefficient (Wildman–Crippen LogP) is 1.35. The van der Waals surface area contributed by atoms with E-state index in [1.807, 2.05) is 0 Å². The highest BCUT2D eigenvalue weighted by Crippen LogP contribution is 2.11. The van der Waals surface area contributed by atoms with Crippen LogP contribution in [-0.2, 0) is 4.79 Å². The first-order valence-electron chi connectivity index (χ1n) is 5.23. The SMILES string of the molecule is Cc1nc2ccccc2c(=O)n1[C@@H](C)C(=O)O. The summed E-state index contributed by atoms with van der Waals surface area (Å²) in [4.78, 5) is 27.3. The Bertz CT molecular complexity index is 646. The third-order valence-electron chi connectivity index (χ3n) is 2.73. The molecule has 1 atom stereocenters. The van der Waals surface area contributed by atoms with E-state index in [4.69, 9.17) is 5.11 Å². The molecule has 0 fully saturated rings. The molecule has 1 heterocycles. The summed E-state index contributed by atoms with van der Waals surface area (Å²) in [6.45, 7) is 3.10. The molecule has 0 aliphatic rings. The first-order valence-corrected chi connectivity index (χ1v) is 5.23. The quantitative estimate of drug-likeness (QED) is 0.848. The number of aliphatic carboxylic acids is 1. The number of carbonyl (C=O) groups is 1. The highest BCUT2D eigenvalue weighted by atomic mass is 16.4. The molecule has 0 aliphatic carbocycles. The molecule has 1 N–H and O–H groups in total. The molecule has 0 amide bonds. The van der Waals surface area contributed by atoms with Crippen molar-refractivity contribution in [3.8, 4) is 0 Å². The van der Waals surface area contributed by atoms with Crippen molar-refractivity contribution < 1.29 is 9.90 Å². The van der Waals surface area contributed by atoms with Crippen molar-refractivity contribution in [1.82, 2.24) is 9.55 Å². The summed E-state index contributed by atoms with van der Waals surface area (Å²) in [5, 5.41) is 9.41. The van der Waals surface area contributed by atoms with Gasteiger partial charge in [-0.15, -0.1) is 0 Å². The fourth-order valence-corrected chi connectivity index (χ4v) is 1.82. The molecule has 0 saturated carbocycles. The van der Waals surface area contributed by atoms with Crippen molar-refractivity contribution in [2.24, 2.45) is 0 Å². The maximum atomic E-state index is 12.2. The summed E-state index contributed by atoms with van der Waals surface area (Å²) >= 11 is 0. The molecule has 88 valence electrons. The number of aromatic nitrogens is 2. The molecule has 5 nitrogen and oxygen atoms in total. The fraction of sp³-hybridized carbons (Fsp3) is 0.250. The van der Waals surface area contributed by atoms with E-state index in [0.717, 1.165) is 0 Å². The number of hydrogen-bond donors (Lipinski definition) is 1. The van der Waals surface area contributed by atoms with Gasteiger partial charge < -0.3 is 5.11 Å². The van der Waals surface area contributed by atoms with E-state index in [2.05, 4.69) is 4.98 Å². The van der Waals surface area contributed by atoms with Gasteiger partial charge in [0.2, 0.25) is 0 Å². The van der Waals surface area contributed by atoms with E-state index in [1.54, 1.807) is 31.2 Å². The van der Waals surface area contributed by atoms with E-state index in [1.165, 1.54) is 11.5 Å². The van der Waals surface area contributed by atoms with E-state index in [0.29, 0.717) is 16.7 Å². The molecule has 0 radical (unpaired) electrons. The highest BCUT2D eigenvalue weighted by Gasteiger charge is 2.18. The molecule has 0 spiro atoms. The summed E-state index contributed by atoms with van der Waals surface area (Å²) in [5.41, 5.74) is 0.270. The van der Waals surface area contributed by atoms with Gasteiger partial charge in [0, 0.05) is 0 Å². The second-order valence-corrected chi connectivity index (χ2v) is 3.87. The van der Waals surface area contributed by atoms with Gasteiger partial charge in [-0.05, 0) is 26.0 Å². The van der Waals surface area contributed by atoms with Gasteiger partial charge >= 0.3 is 5.97 Å². The molecule has 1 aromatic carbocycles. The van der Waals surface area contributed by atoms with Crippen molar-refractivity contribution in [2.45, 2.75) is 19.9 Å². The van der Waals surface area contributed by atoms with Gasteiger partial charge in [0.25, 0.3) is 5.56 Å². The summed E-state index contributed by atoms with van der Waals surface area (Å²) < 4.78 is 1.20. The molecule has 2 rings (SSSR count). The lowest BCUT2D eigenvalue weighted by Crippen LogP contribution is -2.30. The van der Waals surface area contributed by atoms with Gasteiger partial charge in [0.05, 0.1) is 10.9 Å². The van der Waals surface area contributed by atoms with Crippen molar-refractivity contribution in [3.05, 3.63) is 40.4 Å². The minimum absolute atomic E-state index is 0.317. The minimum atomic E-state index is -1.05. The Morgan fingerprint density at radius 1 is 1.41 bits per heavy atom. The normalized spacial score (nSPS) is 12.6. The van der Waals surface area contributed by atoms with Gasteiger partial charge in [-0.25, -0.2) is 9.78 Å². The number of nitrogens with zero attached hydrogens (tertiary/aromatic N) is 2. The van der Waals surface area contributed by atoms with E-state index in [-0.39, 0.29) is 5.56 Å². The number of benzene rings is 1. The maximum Gasteiger partial charge on any atom is 0.326 e. The number of carboxylic acid groups (broad SMARTS) is 1. The maximum absolute atomic E-state index is 12.2. The van der Waals surface area contributed by atoms with Crippen LogP contribution >= 0.6 is 0 Å². The number of carboxylic acids is 1. The first kappa shape index (κ1) is 11.3. The molecule has 5 heteroatoms. The number of hydrogen-bond acceptors (Lipinski definition) is 3. The van der Waals surface area contributed by atoms with Crippen molar-refractivity contribution in [1.29, 1.82) is 0 Å². The van der Waals surface area contributed by atoms with Gasteiger partial charge in [0.1, 0.15) is 11.9 Å². The van der Waals surface area contributed by atoms with Gasteiger partial charge in [-0.3, -0.25) is 9.36 Å². The Morgan fingerprint density at radius 2 is 2.06 bits per heavy atom. The highest BCUT2D eigenvalue weighted by molar-refractivity contribution is 5.78. The Labute approximate surface area is 97.3 Å². The molecule has 17 heavy (non-hydrogen) atoms. The summed E-state index contributed by atoms with van der Waals surface area (Å²) in [6.07, 6.45) is 0. The van der Waals surface area contributed by atoms with E-state index >= 15 is 0 Å². The Hall–Kier alpha value is -2.17. The van der Waals surface area contributed by atoms with Crippen LogP contribution in [-0.4, -0.2) is 20.6 Å². The summed E-state index contributed by atoms with van der Waals surface area (Å²) in [6, 6.07) is 5.99. The molecule has 0 aliphatic heterocycles. The molecule has 1 aromatic heterocycles. The smallest absolute Gasteiger partial charge is 0.326 e. The minimum Gasteiger partial charge on any atom is -0.480 e. The van der Waals surface area contributed by atoms with Crippen LogP contribution < -0.4 is 5.56 Å². The lowest BCUT2D eigenvalue weighted by atomic mass is 10.2. The van der Waals surface area contributed by atoms with Crippen molar-refractivity contribution in [2.75, 3.05) is 0 Å². The molecule has 0 saturated heterocycles. The zero-order valence-corrected chi connectivity index (χ0v) is 9.54. The van der Waals surface area contributed by atoms with Gasteiger partial charge in [-0.1, -0.05) is 12.1 Å². The Balaban J connectivity index is 2.81.